The third-order valence-electron chi connectivity index (χ3n) is 5.79. The first kappa shape index (κ1) is 18.8. The minimum absolute atomic E-state index is 0.0957. The zero-order valence-corrected chi connectivity index (χ0v) is 15.6. The lowest BCUT2D eigenvalue weighted by atomic mass is 9.73. The average Bonchev–Trinajstić information content (AvgIpc) is 3.20. The van der Waals surface area contributed by atoms with Crippen molar-refractivity contribution >= 4 is 11.9 Å². The standard InChI is InChI=1S/C19H30N4O3/c1-20-18(25)22-13-16-6-7-19(14-26-16)8-11-23(12-9-19)17(24)5-4-15-3-2-10-21-15/h2-3,10,16,21H,4-9,11-14H2,1H3,(H2,20,22,25). The summed E-state index contributed by atoms with van der Waals surface area (Å²) in [5.41, 5.74) is 1.32. The fourth-order valence-electron chi connectivity index (χ4n) is 3.92. The number of likely N-dealkylation sites (tertiary alicyclic amines) is 1. The topological polar surface area (TPSA) is 86.5 Å². The number of aromatic nitrogens is 1. The van der Waals surface area contributed by atoms with E-state index in [0.717, 1.165) is 57.5 Å². The first-order chi connectivity index (χ1) is 12.6. The Labute approximate surface area is 154 Å². The summed E-state index contributed by atoms with van der Waals surface area (Å²) in [6, 6.07) is 3.82. The maximum absolute atomic E-state index is 12.4. The molecule has 1 spiro atoms. The van der Waals surface area contributed by atoms with E-state index in [0.29, 0.717) is 13.0 Å². The Morgan fingerprint density at radius 3 is 2.77 bits per heavy atom. The third kappa shape index (κ3) is 4.78. The van der Waals surface area contributed by atoms with Gasteiger partial charge in [-0.1, -0.05) is 0 Å². The van der Waals surface area contributed by atoms with Crippen molar-refractivity contribution in [2.75, 3.05) is 33.3 Å². The van der Waals surface area contributed by atoms with Gasteiger partial charge in [0.25, 0.3) is 0 Å². The Morgan fingerprint density at radius 2 is 2.15 bits per heavy atom. The minimum Gasteiger partial charge on any atom is -0.376 e. The summed E-state index contributed by atoms with van der Waals surface area (Å²) >= 11 is 0. The highest BCUT2D eigenvalue weighted by atomic mass is 16.5. The predicted molar refractivity (Wildman–Crippen MR) is 98.8 cm³/mol. The van der Waals surface area contributed by atoms with E-state index in [4.69, 9.17) is 4.74 Å². The number of urea groups is 1. The van der Waals surface area contributed by atoms with E-state index in [1.54, 1.807) is 7.05 Å². The fourth-order valence-corrected chi connectivity index (χ4v) is 3.92. The summed E-state index contributed by atoms with van der Waals surface area (Å²) in [6.07, 6.45) is 7.42. The molecule has 1 aromatic rings. The summed E-state index contributed by atoms with van der Waals surface area (Å²) in [7, 11) is 1.61. The van der Waals surface area contributed by atoms with Gasteiger partial charge in [-0.2, -0.15) is 0 Å². The molecule has 2 aliphatic heterocycles. The maximum atomic E-state index is 12.4. The fraction of sp³-hybridized carbons (Fsp3) is 0.684. The first-order valence-corrected chi connectivity index (χ1v) is 9.57. The zero-order chi connectivity index (χ0) is 18.4. The number of H-pyrrole nitrogens is 1. The number of hydrogen-bond acceptors (Lipinski definition) is 3. The second-order valence-corrected chi connectivity index (χ2v) is 7.51. The summed E-state index contributed by atoms with van der Waals surface area (Å²) in [5, 5.41) is 5.36. The number of rotatable bonds is 5. The molecular formula is C19H30N4O3. The number of nitrogens with one attached hydrogen (secondary N) is 3. The zero-order valence-electron chi connectivity index (χ0n) is 15.6. The second-order valence-electron chi connectivity index (χ2n) is 7.51. The molecule has 3 rings (SSSR count). The average molecular weight is 362 g/mol. The number of carbonyl (C=O) groups is 2. The quantitative estimate of drug-likeness (QED) is 0.745. The highest BCUT2D eigenvalue weighted by molar-refractivity contribution is 5.76. The molecule has 144 valence electrons. The molecule has 0 bridgehead atoms. The molecule has 7 nitrogen and oxygen atoms in total. The van der Waals surface area contributed by atoms with Crippen LogP contribution in [0.15, 0.2) is 18.3 Å². The number of ether oxygens (including phenoxy) is 1. The lowest BCUT2D eigenvalue weighted by molar-refractivity contribution is -0.137. The molecule has 1 unspecified atom stereocenters. The van der Waals surface area contributed by atoms with E-state index < -0.39 is 0 Å². The predicted octanol–water partition coefficient (Wildman–Crippen LogP) is 1.66. The summed E-state index contributed by atoms with van der Waals surface area (Å²) in [5.74, 6) is 0.249. The summed E-state index contributed by atoms with van der Waals surface area (Å²) in [4.78, 5) is 28.8. The van der Waals surface area contributed by atoms with Crippen LogP contribution in [0.1, 0.15) is 37.8 Å². The van der Waals surface area contributed by atoms with Crippen LogP contribution in [0.4, 0.5) is 4.79 Å². The van der Waals surface area contributed by atoms with Crippen LogP contribution in [0.25, 0.3) is 0 Å². The molecule has 2 aliphatic rings. The van der Waals surface area contributed by atoms with E-state index in [1.807, 2.05) is 23.2 Å². The first-order valence-electron chi connectivity index (χ1n) is 9.57. The van der Waals surface area contributed by atoms with Crippen molar-refractivity contribution < 1.29 is 14.3 Å². The lowest BCUT2D eigenvalue weighted by Gasteiger charge is -2.45. The molecule has 0 saturated carbocycles. The van der Waals surface area contributed by atoms with Crippen molar-refractivity contribution in [1.82, 2.24) is 20.5 Å². The van der Waals surface area contributed by atoms with Gasteiger partial charge in [0.2, 0.25) is 5.91 Å². The van der Waals surface area contributed by atoms with Gasteiger partial charge in [-0.3, -0.25) is 4.79 Å². The highest BCUT2D eigenvalue weighted by Gasteiger charge is 2.39. The Kier molecular flexibility index (Phi) is 6.19. The van der Waals surface area contributed by atoms with Crippen molar-refractivity contribution in [1.29, 1.82) is 0 Å². The maximum Gasteiger partial charge on any atom is 0.314 e. The number of aromatic amines is 1. The third-order valence-corrected chi connectivity index (χ3v) is 5.79. The molecule has 0 radical (unpaired) electrons. The second kappa shape index (κ2) is 8.58. The van der Waals surface area contributed by atoms with E-state index in [2.05, 4.69) is 15.6 Å². The number of piperidine rings is 1. The van der Waals surface area contributed by atoms with Crippen LogP contribution < -0.4 is 10.6 Å². The lowest BCUT2D eigenvalue weighted by Crippen LogP contribution is -2.49. The van der Waals surface area contributed by atoms with Gasteiger partial charge >= 0.3 is 6.03 Å². The highest BCUT2D eigenvalue weighted by Crippen LogP contribution is 2.40. The van der Waals surface area contributed by atoms with Gasteiger partial charge < -0.3 is 25.3 Å². The Balaban J connectivity index is 1.38. The molecule has 3 heterocycles. The monoisotopic (exact) mass is 362 g/mol. The molecule has 2 saturated heterocycles. The van der Waals surface area contributed by atoms with Crippen LogP contribution in [0.2, 0.25) is 0 Å². The molecular weight excluding hydrogens is 332 g/mol. The van der Waals surface area contributed by atoms with Gasteiger partial charge in [0.15, 0.2) is 0 Å². The van der Waals surface area contributed by atoms with Crippen LogP contribution in [0.3, 0.4) is 0 Å². The van der Waals surface area contributed by atoms with Gasteiger partial charge in [0, 0.05) is 45.0 Å². The Bertz CT molecular complexity index is 584. The summed E-state index contributed by atoms with van der Waals surface area (Å²) < 4.78 is 6.01. The molecule has 2 fully saturated rings. The van der Waals surface area contributed by atoms with Crippen LogP contribution in [-0.4, -0.2) is 61.2 Å². The molecule has 3 N–H and O–H groups in total. The normalized spacial score (nSPS) is 22.2. The SMILES string of the molecule is CNC(=O)NCC1CCC2(CCN(C(=O)CCc3ccc[nH]3)CC2)CO1. The van der Waals surface area contributed by atoms with Gasteiger partial charge in [-0.15, -0.1) is 0 Å². The molecule has 26 heavy (non-hydrogen) atoms. The molecule has 7 heteroatoms. The van der Waals surface area contributed by atoms with E-state index in [9.17, 15) is 9.59 Å². The van der Waals surface area contributed by atoms with Gasteiger partial charge in [0.05, 0.1) is 12.7 Å². The molecule has 0 aliphatic carbocycles. The van der Waals surface area contributed by atoms with Crippen molar-refractivity contribution in [3.63, 3.8) is 0 Å². The van der Waals surface area contributed by atoms with Gasteiger partial charge in [-0.05, 0) is 49.7 Å². The van der Waals surface area contributed by atoms with Gasteiger partial charge in [-0.25, -0.2) is 4.79 Å². The molecule has 0 aromatic carbocycles. The Hall–Kier alpha value is -2.02. The van der Waals surface area contributed by atoms with E-state index in [-0.39, 0.29) is 23.5 Å². The van der Waals surface area contributed by atoms with Crippen molar-refractivity contribution in [3.8, 4) is 0 Å². The van der Waals surface area contributed by atoms with Crippen molar-refractivity contribution in [2.24, 2.45) is 5.41 Å². The minimum atomic E-state index is -0.167. The van der Waals surface area contributed by atoms with Crippen LogP contribution in [0, 0.1) is 5.41 Å². The van der Waals surface area contributed by atoms with Gasteiger partial charge in [0.1, 0.15) is 0 Å². The van der Waals surface area contributed by atoms with Crippen LogP contribution in [0.5, 0.6) is 0 Å². The number of hydrogen-bond donors (Lipinski definition) is 3. The van der Waals surface area contributed by atoms with E-state index in [1.165, 1.54) is 0 Å². The van der Waals surface area contributed by atoms with E-state index >= 15 is 0 Å². The molecule has 3 amide bonds. The van der Waals surface area contributed by atoms with Crippen LogP contribution in [-0.2, 0) is 16.0 Å². The van der Waals surface area contributed by atoms with Crippen LogP contribution >= 0.6 is 0 Å². The van der Waals surface area contributed by atoms with Crippen molar-refractivity contribution in [2.45, 2.75) is 44.6 Å². The molecule has 1 atom stereocenters. The Morgan fingerprint density at radius 1 is 1.35 bits per heavy atom. The number of nitrogens with zero attached hydrogens (tertiary/aromatic N) is 1. The number of carbonyl (C=O) groups excluding carboxylic acids is 2. The molecule has 1 aromatic heterocycles. The number of amides is 3. The smallest absolute Gasteiger partial charge is 0.314 e. The largest absolute Gasteiger partial charge is 0.376 e. The number of aryl methyl sites for hydroxylation is 1. The van der Waals surface area contributed by atoms with Crippen molar-refractivity contribution in [3.05, 3.63) is 24.0 Å². The summed E-state index contributed by atoms with van der Waals surface area (Å²) in [6.45, 7) is 2.94.